The quantitative estimate of drug-likeness (QED) is 0.879. The lowest BCUT2D eigenvalue weighted by Crippen LogP contribution is -2.45. The predicted molar refractivity (Wildman–Crippen MR) is 77.8 cm³/mol. The molecule has 0 radical (unpaired) electrons. The van der Waals surface area contributed by atoms with E-state index in [1.165, 1.54) is 12.8 Å². The number of hydrogen-bond donors (Lipinski definition) is 1. The van der Waals surface area contributed by atoms with Crippen LogP contribution in [-0.2, 0) is 4.74 Å². The Balaban J connectivity index is 2.18. The monoisotopic (exact) mass is 266 g/mol. The second-order valence-corrected chi connectivity index (χ2v) is 5.47. The number of hydrogen-bond acceptors (Lipinski definition) is 4. The molecule has 0 aromatic carbocycles. The van der Waals surface area contributed by atoms with E-state index < -0.39 is 0 Å². The number of methoxy groups -OCH3 is 1. The molecule has 1 aromatic heterocycles. The fourth-order valence-electron chi connectivity index (χ4n) is 2.78. The van der Waals surface area contributed by atoms with Crippen molar-refractivity contribution in [1.82, 2.24) is 14.9 Å². The second kappa shape index (κ2) is 6.39. The normalized spacial score (nSPS) is 21.7. The predicted octanol–water partition coefficient (Wildman–Crippen LogP) is 1.59. The molecular weight excluding hydrogens is 240 g/mol. The maximum Gasteiger partial charge on any atom is 0.206 e. The van der Waals surface area contributed by atoms with Gasteiger partial charge in [-0.2, -0.15) is 0 Å². The molecule has 1 aromatic rings. The van der Waals surface area contributed by atoms with Gasteiger partial charge in [-0.1, -0.05) is 0 Å². The van der Waals surface area contributed by atoms with Crippen molar-refractivity contribution >= 4 is 5.95 Å². The number of piperidine rings is 1. The van der Waals surface area contributed by atoms with Gasteiger partial charge in [-0.05, 0) is 33.7 Å². The van der Waals surface area contributed by atoms with Crippen LogP contribution in [0.4, 0.5) is 5.95 Å². The topological polar surface area (TPSA) is 42.3 Å². The van der Waals surface area contributed by atoms with Crippen LogP contribution in [0.1, 0.15) is 31.5 Å². The standard InChI is InChI=1S/C14H26N4O/c1-11-8-18(12(2)10-19-4)14(16-11)17-7-5-6-13(9-17)15-3/h8,12-13,15H,5-7,9-10H2,1-4H3. The van der Waals surface area contributed by atoms with Gasteiger partial charge in [0.25, 0.3) is 0 Å². The molecule has 19 heavy (non-hydrogen) atoms. The molecule has 0 bridgehead atoms. The number of aromatic nitrogens is 2. The van der Waals surface area contributed by atoms with Gasteiger partial charge in [-0.15, -0.1) is 0 Å². The van der Waals surface area contributed by atoms with Crippen LogP contribution in [0, 0.1) is 6.92 Å². The summed E-state index contributed by atoms with van der Waals surface area (Å²) in [4.78, 5) is 7.10. The Morgan fingerprint density at radius 3 is 3.05 bits per heavy atom. The molecule has 1 aliphatic heterocycles. The van der Waals surface area contributed by atoms with Crippen molar-refractivity contribution in [3.05, 3.63) is 11.9 Å². The summed E-state index contributed by atoms with van der Waals surface area (Å²) >= 11 is 0. The van der Waals surface area contributed by atoms with Crippen LogP contribution in [0.2, 0.25) is 0 Å². The lowest BCUT2D eigenvalue weighted by Gasteiger charge is -2.34. The largest absolute Gasteiger partial charge is 0.383 e. The first kappa shape index (κ1) is 14.3. The minimum atomic E-state index is 0.316. The smallest absolute Gasteiger partial charge is 0.206 e. The lowest BCUT2D eigenvalue weighted by atomic mass is 10.1. The summed E-state index contributed by atoms with van der Waals surface area (Å²) in [5.41, 5.74) is 1.07. The van der Waals surface area contributed by atoms with E-state index in [2.05, 4.69) is 34.8 Å². The van der Waals surface area contributed by atoms with E-state index in [4.69, 9.17) is 9.72 Å². The van der Waals surface area contributed by atoms with Gasteiger partial charge in [-0.3, -0.25) is 0 Å². The first-order chi connectivity index (χ1) is 9.15. The van der Waals surface area contributed by atoms with Crippen LogP contribution in [0.3, 0.4) is 0 Å². The highest BCUT2D eigenvalue weighted by molar-refractivity contribution is 5.35. The molecule has 2 atom stereocenters. The van der Waals surface area contributed by atoms with E-state index in [9.17, 15) is 0 Å². The molecular formula is C14H26N4O. The van der Waals surface area contributed by atoms with Gasteiger partial charge in [0.15, 0.2) is 0 Å². The lowest BCUT2D eigenvalue weighted by molar-refractivity contribution is 0.162. The van der Waals surface area contributed by atoms with E-state index in [1.807, 2.05) is 7.05 Å². The van der Waals surface area contributed by atoms with Gasteiger partial charge in [-0.25, -0.2) is 4.98 Å². The van der Waals surface area contributed by atoms with Crippen molar-refractivity contribution < 1.29 is 4.74 Å². The molecule has 2 rings (SSSR count). The average molecular weight is 266 g/mol. The SMILES string of the molecule is CNC1CCCN(c2nc(C)cn2C(C)COC)C1. The van der Waals surface area contributed by atoms with E-state index in [1.54, 1.807) is 7.11 Å². The number of likely N-dealkylation sites (N-methyl/N-ethyl adjacent to an activating group) is 1. The number of nitrogens with one attached hydrogen (secondary N) is 1. The van der Waals surface area contributed by atoms with Crippen molar-refractivity contribution in [3.63, 3.8) is 0 Å². The van der Waals surface area contributed by atoms with Crippen molar-refractivity contribution in [2.75, 3.05) is 38.8 Å². The van der Waals surface area contributed by atoms with E-state index in [0.29, 0.717) is 18.7 Å². The number of imidazole rings is 1. The number of aryl methyl sites for hydroxylation is 1. The van der Waals surface area contributed by atoms with Gasteiger partial charge >= 0.3 is 0 Å². The van der Waals surface area contributed by atoms with E-state index >= 15 is 0 Å². The van der Waals surface area contributed by atoms with Crippen molar-refractivity contribution in [3.8, 4) is 0 Å². The van der Waals surface area contributed by atoms with Crippen LogP contribution in [0.15, 0.2) is 6.20 Å². The summed E-state index contributed by atoms with van der Waals surface area (Å²) in [6.07, 6.45) is 4.60. The second-order valence-electron chi connectivity index (χ2n) is 5.47. The summed E-state index contributed by atoms with van der Waals surface area (Å²) in [6, 6.07) is 0.882. The fraction of sp³-hybridized carbons (Fsp3) is 0.786. The Morgan fingerprint density at radius 1 is 1.58 bits per heavy atom. The molecule has 1 N–H and O–H groups in total. The van der Waals surface area contributed by atoms with Gasteiger partial charge < -0.3 is 19.5 Å². The molecule has 0 aliphatic carbocycles. The highest BCUT2D eigenvalue weighted by Gasteiger charge is 2.23. The molecule has 1 fully saturated rings. The number of nitrogens with zero attached hydrogens (tertiary/aromatic N) is 3. The fourth-order valence-corrected chi connectivity index (χ4v) is 2.78. The Kier molecular flexibility index (Phi) is 4.82. The first-order valence-corrected chi connectivity index (χ1v) is 7.12. The van der Waals surface area contributed by atoms with Crippen molar-refractivity contribution in [2.24, 2.45) is 0 Å². The molecule has 2 heterocycles. The zero-order valence-corrected chi connectivity index (χ0v) is 12.5. The molecule has 0 saturated carbocycles. The van der Waals surface area contributed by atoms with Gasteiger partial charge in [0.2, 0.25) is 5.95 Å². The first-order valence-electron chi connectivity index (χ1n) is 7.12. The summed E-state index contributed by atoms with van der Waals surface area (Å²) in [5.74, 6) is 1.09. The minimum Gasteiger partial charge on any atom is -0.383 e. The molecule has 5 heteroatoms. The Labute approximate surface area is 116 Å². The summed E-state index contributed by atoms with van der Waals surface area (Å²) in [6.45, 7) is 7.07. The van der Waals surface area contributed by atoms with Gasteiger partial charge in [0, 0.05) is 32.4 Å². The molecule has 0 spiro atoms. The van der Waals surface area contributed by atoms with Crippen LogP contribution < -0.4 is 10.2 Å². The third-order valence-corrected chi connectivity index (χ3v) is 3.83. The maximum absolute atomic E-state index is 5.27. The Hall–Kier alpha value is -1.07. The van der Waals surface area contributed by atoms with Crippen LogP contribution in [0.5, 0.6) is 0 Å². The summed E-state index contributed by atoms with van der Waals surface area (Å²) in [5, 5.41) is 3.38. The molecule has 1 aliphatic rings. The number of rotatable bonds is 5. The van der Waals surface area contributed by atoms with Gasteiger partial charge in [0.1, 0.15) is 0 Å². The zero-order valence-electron chi connectivity index (χ0n) is 12.5. The molecule has 1 saturated heterocycles. The highest BCUT2D eigenvalue weighted by atomic mass is 16.5. The van der Waals surface area contributed by atoms with Crippen molar-refractivity contribution in [1.29, 1.82) is 0 Å². The molecule has 5 nitrogen and oxygen atoms in total. The minimum absolute atomic E-state index is 0.316. The Morgan fingerprint density at radius 2 is 2.37 bits per heavy atom. The summed E-state index contributed by atoms with van der Waals surface area (Å²) < 4.78 is 7.52. The summed E-state index contributed by atoms with van der Waals surface area (Å²) in [7, 11) is 3.79. The third-order valence-electron chi connectivity index (χ3n) is 3.83. The number of anilines is 1. The molecule has 2 unspecified atom stereocenters. The van der Waals surface area contributed by atoms with E-state index in [-0.39, 0.29) is 0 Å². The van der Waals surface area contributed by atoms with Crippen molar-refractivity contribution in [2.45, 2.75) is 38.8 Å². The van der Waals surface area contributed by atoms with E-state index in [0.717, 1.165) is 24.7 Å². The maximum atomic E-state index is 5.27. The Bertz CT molecular complexity index is 404. The molecule has 0 amide bonds. The molecule has 108 valence electrons. The third kappa shape index (κ3) is 3.28. The zero-order chi connectivity index (χ0) is 13.8. The van der Waals surface area contributed by atoms with Gasteiger partial charge in [0.05, 0.1) is 18.3 Å². The average Bonchev–Trinajstić information content (AvgIpc) is 2.81. The highest BCUT2D eigenvalue weighted by Crippen LogP contribution is 2.23. The van der Waals surface area contributed by atoms with Crippen LogP contribution in [-0.4, -0.2) is 49.4 Å². The van der Waals surface area contributed by atoms with Crippen LogP contribution >= 0.6 is 0 Å². The van der Waals surface area contributed by atoms with Crippen LogP contribution in [0.25, 0.3) is 0 Å². The number of ether oxygens (including phenoxy) is 1.